The monoisotopic (exact) mass is 414 g/mol. The second-order valence-electron chi connectivity index (χ2n) is 6.89. The van der Waals surface area contributed by atoms with Crippen LogP contribution < -0.4 is 4.74 Å². The van der Waals surface area contributed by atoms with E-state index in [2.05, 4.69) is 0 Å². The summed E-state index contributed by atoms with van der Waals surface area (Å²) in [6.45, 7) is 3.82. The number of hydrogen-bond donors (Lipinski definition) is 0. The van der Waals surface area contributed by atoms with Gasteiger partial charge in [-0.15, -0.1) is 0 Å². The summed E-state index contributed by atoms with van der Waals surface area (Å²) < 4.78 is 33.7. The fourth-order valence-electron chi connectivity index (χ4n) is 3.29. The van der Waals surface area contributed by atoms with Gasteiger partial charge in [-0.25, -0.2) is 8.78 Å². The zero-order valence-corrected chi connectivity index (χ0v) is 16.5. The van der Waals surface area contributed by atoms with Crippen molar-refractivity contribution in [2.24, 2.45) is 0 Å². The zero-order chi connectivity index (χ0) is 21.8. The number of benzene rings is 2. The van der Waals surface area contributed by atoms with E-state index in [4.69, 9.17) is 4.74 Å². The maximum atomic E-state index is 13.4. The Kier molecular flexibility index (Phi) is 6.25. The molecule has 0 amide bonds. The molecular weight excluding hydrogens is 394 g/mol. The summed E-state index contributed by atoms with van der Waals surface area (Å²) in [5.74, 6) is -1.64. The summed E-state index contributed by atoms with van der Waals surface area (Å²) in [4.78, 5) is 23.0. The Morgan fingerprint density at radius 2 is 1.73 bits per heavy atom. The highest BCUT2D eigenvalue weighted by molar-refractivity contribution is 5.98. The van der Waals surface area contributed by atoms with Crippen molar-refractivity contribution in [2.75, 3.05) is 6.61 Å². The molecule has 0 aliphatic carbocycles. The number of nitro groups is 1. The normalized spacial score (nSPS) is 10.8. The minimum atomic E-state index is -0.694. The fraction of sp³-hybridized carbons (Fsp3) is 0.227. The van der Waals surface area contributed by atoms with Gasteiger partial charge in [0.15, 0.2) is 12.4 Å². The molecule has 1 aromatic heterocycles. The van der Waals surface area contributed by atoms with Gasteiger partial charge in [-0.1, -0.05) is 12.1 Å². The molecule has 2 aromatic carbocycles. The summed E-state index contributed by atoms with van der Waals surface area (Å²) in [7, 11) is 0. The molecule has 3 aromatic rings. The maximum absolute atomic E-state index is 13.4. The van der Waals surface area contributed by atoms with Crippen LogP contribution in [0.5, 0.6) is 5.75 Å². The summed E-state index contributed by atoms with van der Waals surface area (Å²) in [5.41, 5.74) is 2.60. The molecule has 0 spiro atoms. The molecule has 156 valence electrons. The van der Waals surface area contributed by atoms with E-state index >= 15 is 0 Å². The number of aryl methyl sites for hydroxylation is 2. The number of halogens is 2. The molecule has 0 aliphatic rings. The number of nitrogens with zero attached hydrogens (tertiary/aromatic N) is 2. The topological polar surface area (TPSA) is 74.4 Å². The number of hydrogen-bond acceptors (Lipinski definition) is 4. The molecule has 0 saturated heterocycles. The van der Waals surface area contributed by atoms with Crippen LogP contribution in [0.15, 0.2) is 48.5 Å². The van der Waals surface area contributed by atoms with E-state index in [0.29, 0.717) is 18.5 Å². The van der Waals surface area contributed by atoms with Crippen LogP contribution in [-0.4, -0.2) is 21.9 Å². The van der Waals surface area contributed by atoms with Gasteiger partial charge in [0.25, 0.3) is 0 Å². The largest absolute Gasteiger partial charge is 0.478 e. The Bertz CT molecular complexity index is 1090. The lowest BCUT2D eigenvalue weighted by molar-refractivity contribution is -0.385. The first-order valence-electron chi connectivity index (χ1n) is 9.27. The minimum absolute atomic E-state index is 0.293. The van der Waals surface area contributed by atoms with Crippen molar-refractivity contribution in [1.82, 2.24) is 4.57 Å². The number of aromatic nitrogens is 1. The molecule has 0 N–H and O–H groups in total. The van der Waals surface area contributed by atoms with Gasteiger partial charge in [0, 0.05) is 35.6 Å². The zero-order valence-electron chi connectivity index (χ0n) is 16.5. The van der Waals surface area contributed by atoms with E-state index in [1.165, 1.54) is 12.1 Å². The van der Waals surface area contributed by atoms with Crippen LogP contribution in [0.1, 0.15) is 27.3 Å². The highest BCUT2D eigenvalue weighted by Crippen LogP contribution is 2.28. The quantitative estimate of drug-likeness (QED) is 0.302. The van der Waals surface area contributed by atoms with Crippen LogP contribution in [0.3, 0.4) is 0 Å². The Labute approximate surface area is 171 Å². The van der Waals surface area contributed by atoms with Crippen molar-refractivity contribution in [3.63, 3.8) is 0 Å². The molecule has 0 saturated carbocycles. The summed E-state index contributed by atoms with van der Waals surface area (Å²) >= 11 is 0. The van der Waals surface area contributed by atoms with Crippen molar-refractivity contribution in [2.45, 2.75) is 26.8 Å². The summed E-state index contributed by atoms with van der Waals surface area (Å²) in [6.07, 6.45) is 0.663. The van der Waals surface area contributed by atoms with Crippen LogP contribution in [0.2, 0.25) is 0 Å². The van der Waals surface area contributed by atoms with Gasteiger partial charge < -0.3 is 9.30 Å². The van der Waals surface area contributed by atoms with Crippen LogP contribution in [0.25, 0.3) is 0 Å². The smallest absolute Gasteiger partial charge is 0.311 e. The average molecular weight is 414 g/mol. The van der Waals surface area contributed by atoms with Gasteiger partial charge in [-0.2, -0.15) is 0 Å². The first-order valence-corrected chi connectivity index (χ1v) is 9.27. The third-order valence-electron chi connectivity index (χ3n) is 4.89. The van der Waals surface area contributed by atoms with Gasteiger partial charge in [0.05, 0.1) is 4.92 Å². The molecular formula is C22H20F2N2O4. The maximum Gasteiger partial charge on any atom is 0.311 e. The van der Waals surface area contributed by atoms with E-state index in [1.807, 2.05) is 11.5 Å². The van der Waals surface area contributed by atoms with Gasteiger partial charge >= 0.3 is 5.69 Å². The highest BCUT2D eigenvalue weighted by atomic mass is 19.1. The Morgan fingerprint density at radius 1 is 1.07 bits per heavy atom. The predicted octanol–water partition coefficient (Wildman–Crippen LogP) is 4.80. The fourth-order valence-corrected chi connectivity index (χ4v) is 3.29. The lowest BCUT2D eigenvalue weighted by Crippen LogP contribution is -2.14. The molecule has 30 heavy (non-hydrogen) atoms. The number of ether oxygens (including phenoxy) is 1. The lowest BCUT2D eigenvalue weighted by atomic mass is 10.1. The Hall–Kier alpha value is -3.55. The molecule has 6 nitrogen and oxygen atoms in total. The lowest BCUT2D eigenvalue weighted by Gasteiger charge is -2.10. The number of carbonyl (C=O) groups excluding carboxylic acids is 1. The molecule has 0 fully saturated rings. The third kappa shape index (κ3) is 4.71. The van der Waals surface area contributed by atoms with Crippen molar-refractivity contribution in [1.29, 1.82) is 0 Å². The molecule has 0 atom stereocenters. The molecule has 0 unspecified atom stereocenters. The highest BCUT2D eigenvalue weighted by Gasteiger charge is 2.20. The molecule has 8 heteroatoms. The Morgan fingerprint density at radius 3 is 2.40 bits per heavy atom. The van der Waals surface area contributed by atoms with Crippen molar-refractivity contribution < 1.29 is 23.2 Å². The molecule has 3 rings (SSSR count). The summed E-state index contributed by atoms with van der Waals surface area (Å²) in [5, 5.41) is 11.1. The number of Topliss-reactive ketones (excluding diaryl/α,β-unsaturated/α-hetero) is 1. The first kappa shape index (κ1) is 21.2. The number of nitro benzene ring substituents is 1. The third-order valence-corrected chi connectivity index (χ3v) is 4.89. The SMILES string of the molecule is Cc1cc(C(=O)COc2cc(F)ccc2[N+](=O)[O-])c(C)n1CCc1ccc(F)cc1. The molecule has 1 heterocycles. The van der Waals surface area contributed by atoms with E-state index < -0.39 is 23.0 Å². The van der Waals surface area contributed by atoms with Crippen LogP contribution in [-0.2, 0) is 13.0 Å². The van der Waals surface area contributed by atoms with E-state index in [-0.39, 0.29) is 17.3 Å². The van der Waals surface area contributed by atoms with Crippen LogP contribution >= 0.6 is 0 Å². The van der Waals surface area contributed by atoms with Gasteiger partial charge in [0.1, 0.15) is 11.6 Å². The standard InChI is InChI=1S/C22H20F2N2O4/c1-14-11-19(15(2)25(14)10-9-16-3-5-17(23)6-4-16)21(27)13-30-22-12-18(24)7-8-20(22)26(28)29/h3-8,11-12H,9-10,13H2,1-2H3. The van der Waals surface area contributed by atoms with Gasteiger partial charge in [-0.3, -0.25) is 14.9 Å². The molecule has 0 bridgehead atoms. The Balaban J connectivity index is 1.71. The van der Waals surface area contributed by atoms with Crippen molar-refractivity contribution in [3.05, 3.63) is 92.8 Å². The van der Waals surface area contributed by atoms with Crippen LogP contribution in [0.4, 0.5) is 14.5 Å². The number of rotatable bonds is 8. The number of ketones is 1. The van der Waals surface area contributed by atoms with Crippen molar-refractivity contribution >= 4 is 11.5 Å². The molecule has 0 radical (unpaired) electrons. The summed E-state index contributed by atoms with van der Waals surface area (Å²) in [6, 6.07) is 10.8. The number of carbonyl (C=O) groups is 1. The van der Waals surface area contributed by atoms with Gasteiger partial charge in [-0.05, 0) is 50.1 Å². The van der Waals surface area contributed by atoms with E-state index in [0.717, 1.165) is 35.2 Å². The van der Waals surface area contributed by atoms with E-state index in [1.54, 1.807) is 25.1 Å². The second kappa shape index (κ2) is 8.86. The first-order chi connectivity index (χ1) is 14.3. The van der Waals surface area contributed by atoms with Crippen LogP contribution in [0, 0.1) is 35.6 Å². The average Bonchev–Trinajstić information content (AvgIpc) is 2.99. The molecule has 0 aliphatic heterocycles. The second-order valence-corrected chi connectivity index (χ2v) is 6.89. The minimum Gasteiger partial charge on any atom is -0.478 e. The van der Waals surface area contributed by atoms with Crippen molar-refractivity contribution in [3.8, 4) is 5.75 Å². The predicted molar refractivity (Wildman–Crippen MR) is 107 cm³/mol. The van der Waals surface area contributed by atoms with E-state index in [9.17, 15) is 23.7 Å². The van der Waals surface area contributed by atoms with Gasteiger partial charge in [0.2, 0.25) is 5.78 Å².